The molecule has 3 aromatic rings. The maximum atomic E-state index is 13.2. The number of amidine groups is 1. The van der Waals surface area contributed by atoms with E-state index in [1.807, 2.05) is 62.6 Å². The van der Waals surface area contributed by atoms with E-state index in [-0.39, 0.29) is 5.91 Å². The maximum Gasteiger partial charge on any atom is 0.259 e. The van der Waals surface area contributed by atoms with Crippen molar-refractivity contribution in [2.24, 2.45) is 0 Å². The van der Waals surface area contributed by atoms with Crippen molar-refractivity contribution in [2.75, 3.05) is 31.8 Å². The SMILES string of the molecule is COc1cc(CI)cc(C(=O)Nc2ccc(CI)cn2)c1NCc1ccc(C(=N)N(C)C)cc1. The van der Waals surface area contributed by atoms with Crippen molar-refractivity contribution >= 4 is 68.4 Å². The van der Waals surface area contributed by atoms with E-state index in [4.69, 9.17) is 10.1 Å². The van der Waals surface area contributed by atoms with Gasteiger partial charge in [0.25, 0.3) is 5.91 Å². The van der Waals surface area contributed by atoms with Gasteiger partial charge in [-0.15, -0.1) is 0 Å². The summed E-state index contributed by atoms with van der Waals surface area (Å²) in [5, 5.41) is 14.4. The molecule has 2 aromatic carbocycles. The van der Waals surface area contributed by atoms with Crippen LogP contribution in [-0.4, -0.2) is 42.8 Å². The predicted octanol–water partition coefficient (Wildman–Crippen LogP) is 5.71. The minimum absolute atomic E-state index is 0.253. The molecule has 0 saturated carbocycles. The van der Waals surface area contributed by atoms with Gasteiger partial charge in [-0.25, -0.2) is 4.98 Å². The third-order valence-electron chi connectivity index (χ3n) is 5.15. The van der Waals surface area contributed by atoms with Gasteiger partial charge in [0, 0.05) is 41.3 Å². The van der Waals surface area contributed by atoms with Crippen LogP contribution in [0.25, 0.3) is 0 Å². The minimum Gasteiger partial charge on any atom is -0.495 e. The molecule has 0 spiro atoms. The van der Waals surface area contributed by atoms with Crippen LogP contribution in [-0.2, 0) is 15.4 Å². The van der Waals surface area contributed by atoms with Gasteiger partial charge in [0.15, 0.2) is 0 Å². The van der Waals surface area contributed by atoms with E-state index in [2.05, 4.69) is 60.8 Å². The number of methoxy groups -OCH3 is 1. The smallest absolute Gasteiger partial charge is 0.259 e. The molecular formula is C25H27I2N5O2. The van der Waals surface area contributed by atoms with Gasteiger partial charge in [-0.3, -0.25) is 10.2 Å². The number of hydrogen-bond acceptors (Lipinski definition) is 5. The number of benzene rings is 2. The molecule has 0 aliphatic carbocycles. The van der Waals surface area contributed by atoms with Gasteiger partial charge >= 0.3 is 0 Å². The molecule has 0 bridgehead atoms. The topological polar surface area (TPSA) is 90.3 Å². The lowest BCUT2D eigenvalue weighted by Crippen LogP contribution is -2.21. The summed E-state index contributed by atoms with van der Waals surface area (Å²) in [6, 6.07) is 15.4. The summed E-state index contributed by atoms with van der Waals surface area (Å²) >= 11 is 4.55. The van der Waals surface area contributed by atoms with Gasteiger partial charge in [0.05, 0.1) is 18.4 Å². The second-order valence-corrected chi connectivity index (χ2v) is 9.31. The van der Waals surface area contributed by atoms with Crippen molar-refractivity contribution in [3.05, 3.63) is 82.5 Å². The van der Waals surface area contributed by atoms with Gasteiger partial charge in [0.1, 0.15) is 17.4 Å². The third kappa shape index (κ3) is 6.59. The van der Waals surface area contributed by atoms with Crippen LogP contribution in [0, 0.1) is 5.41 Å². The average molecular weight is 683 g/mol. The van der Waals surface area contributed by atoms with Crippen molar-refractivity contribution in [2.45, 2.75) is 15.4 Å². The molecule has 1 aromatic heterocycles. The Bertz CT molecular complexity index is 1150. The molecule has 0 radical (unpaired) electrons. The molecule has 0 atom stereocenters. The highest BCUT2D eigenvalue weighted by atomic mass is 127. The number of carbonyl (C=O) groups excluding carboxylic acids is 1. The molecule has 34 heavy (non-hydrogen) atoms. The Hall–Kier alpha value is -2.41. The van der Waals surface area contributed by atoms with Crippen molar-refractivity contribution in [1.82, 2.24) is 9.88 Å². The molecule has 9 heteroatoms. The quantitative estimate of drug-likeness (QED) is 0.116. The highest BCUT2D eigenvalue weighted by molar-refractivity contribution is 14.1. The van der Waals surface area contributed by atoms with E-state index < -0.39 is 0 Å². The number of nitrogens with zero attached hydrogens (tertiary/aromatic N) is 2. The molecular weight excluding hydrogens is 656 g/mol. The summed E-state index contributed by atoms with van der Waals surface area (Å²) in [5.41, 5.74) is 5.09. The number of alkyl halides is 2. The van der Waals surface area contributed by atoms with Gasteiger partial charge in [-0.2, -0.15) is 0 Å². The standard InChI is InChI=1S/C25H27I2N5O2/c1-32(2)24(28)19-7-4-16(5-8-19)14-30-23-20(10-18(13-27)11-21(23)34-3)25(33)31-22-9-6-17(12-26)15-29-22/h4-11,15,28,30H,12-14H2,1-3H3,(H,29,31,33). The Labute approximate surface area is 227 Å². The number of halogens is 2. The zero-order valence-electron chi connectivity index (χ0n) is 19.3. The average Bonchev–Trinajstić information content (AvgIpc) is 2.87. The summed E-state index contributed by atoms with van der Waals surface area (Å²) in [7, 11) is 5.30. The fourth-order valence-corrected chi connectivity index (χ4v) is 4.15. The molecule has 0 aliphatic heterocycles. The van der Waals surface area contributed by atoms with Gasteiger partial charge in [0.2, 0.25) is 0 Å². The van der Waals surface area contributed by atoms with E-state index in [0.717, 1.165) is 31.1 Å². The first kappa shape index (κ1) is 26.2. The van der Waals surface area contributed by atoms with Crippen molar-refractivity contribution in [1.29, 1.82) is 5.41 Å². The number of carbonyl (C=O) groups is 1. The van der Waals surface area contributed by atoms with Gasteiger partial charge < -0.3 is 20.3 Å². The van der Waals surface area contributed by atoms with Crippen LogP contribution >= 0.6 is 45.2 Å². The van der Waals surface area contributed by atoms with Crippen LogP contribution in [0.4, 0.5) is 11.5 Å². The molecule has 0 fully saturated rings. The molecule has 0 unspecified atom stereocenters. The zero-order valence-corrected chi connectivity index (χ0v) is 23.6. The predicted molar refractivity (Wildman–Crippen MR) is 155 cm³/mol. The molecule has 0 saturated heterocycles. The Morgan fingerprint density at radius 2 is 1.71 bits per heavy atom. The lowest BCUT2D eigenvalue weighted by molar-refractivity contribution is 0.102. The van der Waals surface area contributed by atoms with Crippen LogP contribution in [0.5, 0.6) is 5.75 Å². The summed E-state index contributed by atoms with van der Waals surface area (Å²) in [6.07, 6.45) is 1.77. The first-order chi connectivity index (χ1) is 16.4. The summed E-state index contributed by atoms with van der Waals surface area (Å²) in [5.74, 6) is 1.31. The van der Waals surface area contributed by atoms with Crippen LogP contribution in [0.2, 0.25) is 0 Å². The monoisotopic (exact) mass is 683 g/mol. The molecule has 3 rings (SSSR count). The maximum absolute atomic E-state index is 13.2. The zero-order chi connectivity index (χ0) is 24.7. The van der Waals surface area contributed by atoms with E-state index in [0.29, 0.717) is 35.2 Å². The van der Waals surface area contributed by atoms with Crippen molar-refractivity contribution in [3.8, 4) is 5.75 Å². The van der Waals surface area contributed by atoms with Crippen LogP contribution in [0.15, 0.2) is 54.7 Å². The fraction of sp³-hybridized carbons (Fsp3) is 0.240. The normalized spacial score (nSPS) is 10.5. The van der Waals surface area contributed by atoms with E-state index in [9.17, 15) is 4.79 Å². The third-order valence-corrected chi connectivity index (χ3v) is 6.91. The molecule has 1 amide bonds. The fourth-order valence-electron chi connectivity index (χ4n) is 3.26. The second-order valence-electron chi connectivity index (χ2n) is 7.79. The molecule has 178 valence electrons. The number of rotatable bonds is 9. The number of pyridine rings is 1. The molecule has 1 heterocycles. The van der Waals surface area contributed by atoms with Gasteiger partial charge in [-0.1, -0.05) is 75.5 Å². The Kier molecular flexibility index (Phi) is 9.51. The largest absolute Gasteiger partial charge is 0.495 e. The first-order valence-electron chi connectivity index (χ1n) is 10.5. The van der Waals surface area contributed by atoms with Crippen LogP contribution in [0.1, 0.15) is 32.6 Å². The van der Waals surface area contributed by atoms with Crippen LogP contribution in [0.3, 0.4) is 0 Å². The summed E-state index contributed by atoms with van der Waals surface area (Å²) < 4.78 is 7.24. The molecule has 3 N–H and O–H groups in total. The van der Waals surface area contributed by atoms with Crippen molar-refractivity contribution in [3.63, 3.8) is 0 Å². The van der Waals surface area contributed by atoms with Gasteiger partial charge in [-0.05, 0) is 34.9 Å². The Morgan fingerprint density at radius 1 is 1.03 bits per heavy atom. The van der Waals surface area contributed by atoms with Crippen LogP contribution < -0.4 is 15.4 Å². The number of hydrogen-bond donors (Lipinski definition) is 3. The second kappa shape index (κ2) is 12.3. The number of anilines is 2. The Balaban J connectivity index is 1.85. The first-order valence-corrected chi connectivity index (χ1v) is 13.6. The van der Waals surface area contributed by atoms with E-state index in [1.54, 1.807) is 18.2 Å². The van der Waals surface area contributed by atoms with E-state index >= 15 is 0 Å². The minimum atomic E-state index is -0.253. The number of nitrogens with one attached hydrogen (secondary N) is 3. The number of amides is 1. The number of aromatic nitrogens is 1. The summed E-state index contributed by atoms with van der Waals surface area (Å²) in [4.78, 5) is 19.4. The lowest BCUT2D eigenvalue weighted by atomic mass is 10.1. The van der Waals surface area contributed by atoms with Crippen molar-refractivity contribution < 1.29 is 9.53 Å². The Morgan fingerprint density at radius 3 is 2.26 bits per heavy atom. The highest BCUT2D eigenvalue weighted by Gasteiger charge is 2.18. The molecule has 0 aliphatic rings. The lowest BCUT2D eigenvalue weighted by Gasteiger charge is -2.18. The summed E-state index contributed by atoms with van der Waals surface area (Å²) in [6.45, 7) is 0.498. The van der Waals surface area contributed by atoms with E-state index in [1.165, 1.54) is 0 Å². The number of ether oxygens (including phenoxy) is 1. The molecule has 7 nitrogen and oxygen atoms in total. The highest BCUT2D eigenvalue weighted by Crippen LogP contribution is 2.32.